The molecule has 1 aromatic carbocycles. The van der Waals surface area contributed by atoms with Crippen molar-refractivity contribution >= 4 is 41.0 Å². The zero-order valence-corrected chi connectivity index (χ0v) is 35.0. The molecule has 13 nitrogen and oxygen atoms in total. The van der Waals surface area contributed by atoms with Gasteiger partial charge in [0.2, 0.25) is 11.8 Å². The quantitative estimate of drug-likeness (QED) is 0.162. The molecule has 3 amide bonds. The number of amides is 3. The second kappa shape index (κ2) is 22.6. The van der Waals surface area contributed by atoms with Crippen LogP contribution in [0.25, 0.3) is 0 Å². The van der Waals surface area contributed by atoms with Crippen LogP contribution < -0.4 is 10.6 Å². The van der Waals surface area contributed by atoms with Gasteiger partial charge in [0.1, 0.15) is 16.7 Å². The van der Waals surface area contributed by atoms with Gasteiger partial charge in [-0.15, -0.1) is 11.3 Å². The number of nitrogens with one attached hydrogen (secondary N) is 2. The monoisotopic (exact) mass is 785 g/mol. The Kier molecular flexibility index (Phi) is 18.7. The molecule has 2 N–H and O–H groups in total. The van der Waals surface area contributed by atoms with Crippen LogP contribution in [0.5, 0.6) is 0 Å². The van der Waals surface area contributed by atoms with Crippen molar-refractivity contribution in [2.24, 2.45) is 17.8 Å². The summed E-state index contributed by atoms with van der Waals surface area (Å²) < 4.78 is 16.3. The summed E-state index contributed by atoms with van der Waals surface area (Å²) in [6, 6.07) is 7.80. The lowest BCUT2D eigenvalue weighted by Crippen LogP contribution is -2.59. The number of carbonyl (C=O) groups is 5. The van der Waals surface area contributed by atoms with E-state index in [1.807, 2.05) is 65.1 Å². The number of ether oxygens (including phenoxy) is 3. The van der Waals surface area contributed by atoms with Crippen molar-refractivity contribution in [3.05, 3.63) is 52.0 Å². The van der Waals surface area contributed by atoms with Crippen molar-refractivity contribution < 1.29 is 38.2 Å². The molecule has 1 fully saturated rings. The molecule has 306 valence electrons. The number of aromatic nitrogens is 1. The predicted molar refractivity (Wildman–Crippen MR) is 212 cm³/mol. The number of hydrogen-bond donors (Lipinski definition) is 2. The van der Waals surface area contributed by atoms with E-state index in [1.54, 1.807) is 24.3 Å². The molecule has 3 rings (SSSR count). The molecule has 2 aromatic rings. The Bertz CT molecular complexity index is 1540. The Labute approximate surface area is 331 Å². The molecule has 14 heteroatoms. The minimum Gasteiger partial charge on any atom is -0.469 e. The summed E-state index contributed by atoms with van der Waals surface area (Å²) in [6.07, 6.45) is 3.62. The fourth-order valence-corrected chi connectivity index (χ4v) is 7.98. The molecule has 1 saturated heterocycles. The second-order valence-corrected chi connectivity index (χ2v) is 16.0. The molecule has 1 aliphatic rings. The van der Waals surface area contributed by atoms with Crippen molar-refractivity contribution in [1.82, 2.24) is 25.4 Å². The zero-order chi connectivity index (χ0) is 40.7. The first kappa shape index (κ1) is 45.5. The number of methoxy groups -OCH3 is 2. The van der Waals surface area contributed by atoms with Gasteiger partial charge in [0.25, 0.3) is 5.91 Å². The van der Waals surface area contributed by atoms with E-state index < -0.39 is 36.0 Å². The molecule has 0 radical (unpaired) electrons. The number of nitrogens with zero attached hydrogens (tertiary/aromatic N) is 3. The Morgan fingerprint density at radius 1 is 1.02 bits per heavy atom. The summed E-state index contributed by atoms with van der Waals surface area (Å²) in [5.41, 5.74) is 1.16. The number of likely N-dealkylation sites (tertiary alicyclic amines) is 1. The standard InChI is InChI=1S/C41H63N5O8S/c1-10-27(4)36(44-38(49)33-18-14-15-19-45(33)7)40(50)46(20-21-52-8)34(26(2)3)24-35(54-29(6)47)39-43-32(25-55-39)37(48)42-31(22-28(5)41(51)53-9)23-30-16-12-11-13-17-30/h11-13,16-17,25-28,31,33-36H,10,14-15,18-24H2,1-9H3,(H,42,48)(H,44,49). The van der Waals surface area contributed by atoms with Crippen molar-refractivity contribution in [2.75, 3.05) is 41.0 Å². The lowest BCUT2D eigenvalue weighted by atomic mass is 9.92. The molecule has 0 aliphatic carbocycles. The molecule has 55 heavy (non-hydrogen) atoms. The third-order valence-corrected chi connectivity index (χ3v) is 11.5. The number of rotatable bonds is 21. The van der Waals surface area contributed by atoms with Gasteiger partial charge in [0, 0.05) is 44.5 Å². The summed E-state index contributed by atoms with van der Waals surface area (Å²) in [5, 5.41) is 8.22. The van der Waals surface area contributed by atoms with Crippen LogP contribution in [0.3, 0.4) is 0 Å². The number of likely N-dealkylation sites (N-methyl/N-ethyl adjacent to an activating group) is 1. The Balaban J connectivity index is 1.90. The van der Waals surface area contributed by atoms with Crippen molar-refractivity contribution in [1.29, 1.82) is 0 Å². The molecule has 7 atom stereocenters. The van der Waals surface area contributed by atoms with Crippen LogP contribution in [0.1, 0.15) is 107 Å². The van der Waals surface area contributed by atoms with Crippen molar-refractivity contribution in [2.45, 2.75) is 117 Å². The minimum atomic E-state index is -0.860. The van der Waals surface area contributed by atoms with Gasteiger partial charge in [-0.2, -0.15) is 0 Å². The molecule has 0 bridgehead atoms. The summed E-state index contributed by atoms with van der Waals surface area (Å²) in [4.78, 5) is 75.2. The van der Waals surface area contributed by atoms with Crippen LogP contribution in [0, 0.1) is 17.8 Å². The molecule has 7 unspecified atom stereocenters. The topological polar surface area (TPSA) is 156 Å². The van der Waals surface area contributed by atoms with Crippen LogP contribution in [0.4, 0.5) is 0 Å². The molecule has 1 aliphatic heterocycles. The van der Waals surface area contributed by atoms with Gasteiger partial charge in [-0.3, -0.25) is 28.9 Å². The minimum absolute atomic E-state index is 0.0881. The Morgan fingerprint density at radius 3 is 2.33 bits per heavy atom. The predicted octanol–water partition coefficient (Wildman–Crippen LogP) is 5.19. The molecule has 0 saturated carbocycles. The van der Waals surface area contributed by atoms with Gasteiger partial charge in [0.05, 0.1) is 25.7 Å². The molecule has 0 spiro atoms. The van der Waals surface area contributed by atoms with E-state index >= 15 is 0 Å². The van der Waals surface area contributed by atoms with E-state index in [2.05, 4.69) is 20.5 Å². The maximum Gasteiger partial charge on any atom is 0.308 e. The molecule has 1 aromatic heterocycles. The van der Waals surface area contributed by atoms with Crippen molar-refractivity contribution in [3.8, 4) is 0 Å². The molecular weight excluding hydrogens is 723 g/mol. The summed E-state index contributed by atoms with van der Waals surface area (Å²) >= 11 is 1.20. The van der Waals surface area contributed by atoms with Crippen LogP contribution in [-0.4, -0.2) is 110 Å². The van der Waals surface area contributed by atoms with Gasteiger partial charge >= 0.3 is 11.9 Å². The second-order valence-electron chi connectivity index (χ2n) is 15.1. The van der Waals surface area contributed by atoms with Crippen LogP contribution in [0.15, 0.2) is 35.7 Å². The normalized spacial score (nSPS) is 18.0. The number of benzene rings is 1. The van der Waals surface area contributed by atoms with Gasteiger partial charge in [-0.1, -0.05) is 77.8 Å². The first-order valence-corrected chi connectivity index (χ1v) is 20.4. The highest BCUT2D eigenvalue weighted by Gasteiger charge is 2.39. The van der Waals surface area contributed by atoms with Gasteiger partial charge in [-0.25, -0.2) is 4.98 Å². The summed E-state index contributed by atoms with van der Waals surface area (Å²) in [5.74, 6) is -2.35. The van der Waals surface area contributed by atoms with Gasteiger partial charge < -0.3 is 29.7 Å². The Hall–Kier alpha value is -3.88. The Morgan fingerprint density at radius 2 is 1.73 bits per heavy atom. The third kappa shape index (κ3) is 13.7. The maximum atomic E-state index is 14.6. The first-order chi connectivity index (χ1) is 26.2. The number of piperidine rings is 1. The number of thiazole rings is 1. The highest BCUT2D eigenvalue weighted by Crippen LogP contribution is 2.32. The van der Waals surface area contributed by atoms with E-state index in [1.165, 1.54) is 25.4 Å². The van der Waals surface area contributed by atoms with Gasteiger partial charge in [0.15, 0.2) is 6.10 Å². The van der Waals surface area contributed by atoms with E-state index in [4.69, 9.17) is 14.2 Å². The zero-order valence-electron chi connectivity index (χ0n) is 34.2. The van der Waals surface area contributed by atoms with Crippen molar-refractivity contribution in [3.63, 3.8) is 0 Å². The summed E-state index contributed by atoms with van der Waals surface area (Å²) in [7, 11) is 4.86. The highest BCUT2D eigenvalue weighted by molar-refractivity contribution is 7.09. The highest BCUT2D eigenvalue weighted by atomic mass is 32.1. The van der Waals surface area contributed by atoms with Crippen LogP contribution in [-0.2, 0) is 39.8 Å². The first-order valence-electron chi connectivity index (χ1n) is 19.6. The fourth-order valence-electron chi connectivity index (χ4n) is 7.14. The number of hydrogen-bond acceptors (Lipinski definition) is 11. The smallest absolute Gasteiger partial charge is 0.308 e. The maximum absolute atomic E-state index is 14.6. The molecule has 2 heterocycles. The average Bonchev–Trinajstić information content (AvgIpc) is 3.66. The van der Waals surface area contributed by atoms with E-state index in [9.17, 15) is 24.0 Å². The number of carbonyl (C=O) groups excluding carboxylic acids is 5. The average molecular weight is 786 g/mol. The third-order valence-electron chi connectivity index (χ3n) is 10.5. The van der Waals surface area contributed by atoms with Crippen LogP contribution >= 0.6 is 11.3 Å². The van der Waals surface area contributed by atoms with E-state index in [0.29, 0.717) is 24.3 Å². The lowest BCUT2D eigenvalue weighted by Gasteiger charge is -2.40. The van der Waals surface area contributed by atoms with Crippen LogP contribution in [0.2, 0.25) is 0 Å². The number of esters is 2. The lowest BCUT2D eigenvalue weighted by molar-refractivity contribution is -0.150. The SMILES string of the molecule is CCC(C)C(NC(=O)C1CCCCN1C)C(=O)N(CCOC)C(CC(OC(C)=O)c1nc(C(=O)NC(Cc2ccccc2)CC(C)C(=O)OC)cs1)C(C)C. The summed E-state index contributed by atoms with van der Waals surface area (Å²) in [6.45, 7) is 12.4. The van der Waals surface area contributed by atoms with E-state index in [-0.39, 0.29) is 67.0 Å². The van der Waals surface area contributed by atoms with Gasteiger partial charge in [-0.05, 0) is 56.7 Å². The fraction of sp³-hybridized carbons (Fsp3) is 0.659. The largest absolute Gasteiger partial charge is 0.469 e. The van der Waals surface area contributed by atoms with E-state index in [0.717, 1.165) is 31.4 Å². The molecular formula is C41H63N5O8S.